The normalized spacial score (nSPS) is 21.6. The number of nitrogens with zero attached hydrogens (tertiary/aromatic N) is 3. The van der Waals surface area contributed by atoms with Crippen molar-refractivity contribution in [2.24, 2.45) is 0 Å². The topological polar surface area (TPSA) is 50.9 Å². The molecule has 0 saturated carbocycles. The Labute approximate surface area is 433 Å². The average molecular weight is 890 g/mol. The fourth-order valence-electron chi connectivity index (χ4n) is 7.74. The summed E-state index contributed by atoms with van der Waals surface area (Å²) < 4.78 is 284. The lowest BCUT2D eigenvalue weighted by Gasteiger charge is -2.28. The Morgan fingerprint density at radius 2 is 1.31 bits per heavy atom. The highest BCUT2D eigenvalue weighted by atomic mass is 16.3. The van der Waals surface area contributed by atoms with Crippen LogP contribution in [-0.2, 0) is 21.7 Å². The summed E-state index contributed by atoms with van der Waals surface area (Å²) in [5.41, 5.74) is -16.1. The van der Waals surface area contributed by atoms with E-state index in [2.05, 4.69) is 4.98 Å². The molecule has 8 aromatic rings. The molecule has 8 rings (SSSR count). The molecule has 0 aliphatic rings. The van der Waals surface area contributed by atoms with Gasteiger partial charge in [-0.05, 0) is 121 Å². The third-order valence-corrected chi connectivity index (χ3v) is 11.2. The average Bonchev–Trinajstić information content (AvgIpc) is 1.10. The molecule has 2 aromatic heterocycles. The number of hydrogen-bond donors (Lipinski definition) is 1. The highest BCUT2D eigenvalue weighted by Crippen LogP contribution is 2.46. The lowest BCUT2D eigenvalue weighted by atomic mass is 9.79. The zero-order valence-corrected chi connectivity index (χ0v) is 36.5. The van der Waals surface area contributed by atoms with Gasteiger partial charge >= 0.3 is 0 Å². The molecule has 332 valence electrons. The number of para-hydroxylation sites is 1. The van der Waals surface area contributed by atoms with Crippen molar-refractivity contribution in [2.45, 2.75) is 124 Å². The molecule has 2 heterocycles. The number of pyridine rings is 1. The van der Waals surface area contributed by atoms with Crippen LogP contribution in [0, 0.1) is 0 Å². The number of rotatable bonds is 7. The lowest BCUT2D eigenvalue weighted by molar-refractivity contribution is 0.446. The van der Waals surface area contributed by atoms with E-state index >= 15 is 0 Å². The number of benzene rings is 6. The molecule has 6 aromatic carbocycles. The van der Waals surface area contributed by atoms with Crippen molar-refractivity contribution in [2.75, 3.05) is 0 Å². The second-order valence-electron chi connectivity index (χ2n) is 18.0. The number of aromatic nitrogens is 3. The zero-order valence-electron chi connectivity index (χ0n) is 68.5. The van der Waals surface area contributed by atoms with Gasteiger partial charge in [0.15, 0.2) is 0 Å². The Morgan fingerprint density at radius 1 is 0.600 bits per heavy atom. The van der Waals surface area contributed by atoms with E-state index < -0.39 is 158 Å². The first-order valence-corrected chi connectivity index (χ1v) is 20.6. The van der Waals surface area contributed by atoms with E-state index in [-0.39, 0.29) is 55.8 Å². The molecule has 0 aliphatic carbocycles. The van der Waals surface area contributed by atoms with E-state index in [1.165, 1.54) is 79.0 Å². The van der Waals surface area contributed by atoms with Crippen molar-refractivity contribution >= 4 is 11.0 Å². The second-order valence-corrected chi connectivity index (χ2v) is 18.0. The van der Waals surface area contributed by atoms with Crippen LogP contribution in [-0.4, -0.2) is 19.6 Å². The number of imidazole rings is 1. The van der Waals surface area contributed by atoms with Crippen LogP contribution in [0.1, 0.15) is 174 Å². The molecule has 0 saturated heterocycles. The molecule has 4 nitrogen and oxygen atoms in total. The van der Waals surface area contributed by atoms with Gasteiger partial charge in [-0.25, -0.2) is 4.98 Å². The maximum atomic E-state index is 13.3. The maximum absolute atomic E-state index is 13.3. The van der Waals surface area contributed by atoms with Crippen LogP contribution < -0.4 is 0 Å². The van der Waals surface area contributed by atoms with Gasteiger partial charge < -0.3 is 5.11 Å². The third kappa shape index (κ3) is 8.93. The van der Waals surface area contributed by atoms with E-state index in [1.807, 2.05) is 20.8 Å². The first kappa shape index (κ1) is 20.5. The summed E-state index contributed by atoms with van der Waals surface area (Å²) in [5.74, 6) is -6.05. The van der Waals surface area contributed by atoms with Crippen molar-refractivity contribution in [3.05, 3.63) is 167 Å². The molecule has 0 aliphatic heterocycles. The quantitative estimate of drug-likeness (QED) is 0.173. The van der Waals surface area contributed by atoms with Crippen molar-refractivity contribution in [1.82, 2.24) is 14.5 Å². The fraction of sp³-hybridized carbons (Fsp3) is 0.311. The third-order valence-electron chi connectivity index (χ3n) is 11.2. The van der Waals surface area contributed by atoms with Crippen LogP contribution >= 0.6 is 0 Å². The number of phenols is 1. The number of hydrogen-bond acceptors (Lipinski definition) is 3. The molecule has 0 radical (unpaired) electrons. The van der Waals surface area contributed by atoms with Gasteiger partial charge in [-0.1, -0.05) is 181 Å². The summed E-state index contributed by atoms with van der Waals surface area (Å²) in [5, 5.41) is 13.3. The molecular weight excluding hydrogens is 791 g/mol. The minimum absolute atomic E-state index is 0.0615. The summed E-state index contributed by atoms with van der Waals surface area (Å²) in [6.45, 7) is -22.8. The van der Waals surface area contributed by atoms with Gasteiger partial charge in [-0.2, -0.15) is 0 Å². The molecule has 0 unspecified atom stereocenters. The molecule has 0 atom stereocenters. The minimum atomic E-state index is -4.61. The summed E-state index contributed by atoms with van der Waals surface area (Å²) in [6, 6.07) is 14.4. The fourth-order valence-corrected chi connectivity index (χ4v) is 7.74. The molecule has 65 heavy (non-hydrogen) atoms. The van der Waals surface area contributed by atoms with Gasteiger partial charge in [0.2, 0.25) is 0 Å². The maximum Gasteiger partial charge on any atom is 0.149 e. The first-order valence-electron chi connectivity index (χ1n) is 36.6. The van der Waals surface area contributed by atoms with Crippen LogP contribution in [0.4, 0.5) is 0 Å². The first-order chi connectivity index (χ1) is 43.7. The van der Waals surface area contributed by atoms with Crippen LogP contribution in [0.25, 0.3) is 72.7 Å². The molecular formula is C61H67N3O. The molecule has 1 N–H and O–H groups in total. The van der Waals surface area contributed by atoms with Crippen LogP contribution in [0.2, 0.25) is 0 Å². The largest absolute Gasteiger partial charge is 0.507 e. The summed E-state index contributed by atoms with van der Waals surface area (Å²) in [4.78, 5) is 9.64. The smallest absolute Gasteiger partial charge is 0.149 e. The molecule has 0 fully saturated rings. The van der Waals surface area contributed by atoms with Crippen molar-refractivity contribution in [1.29, 1.82) is 0 Å². The Hall–Kier alpha value is -6.26. The summed E-state index contributed by atoms with van der Waals surface area (Å²) in [7, 11) is 0. The predicted molar refractivity (Wildman–Crippen MR) is 277 cm³/mol. The monoisotopic (exact) mass is 890 g/mol. The van der Waals surface area contributed by atoms with Gasteiger partial charge in [0, 0.05) is 62.7 Å². The van der Waals surface area contributed by atoms with Crippen molar-refractivity contribution in [3.8, 4) is 67.5 Å². The van der Waals surface area contributed by atoms with Crippen LogP contribution in [0.3, 0.4) is 0 Å². The zero-order chi connectivity index (χ0) is 73.8. The van der Waals surface area contributed by atoms with E-state index in [0.717, 1.165) is 4.57 Å². The number of fused-ring (bicyclic) bond motifs is 1. The summed E-state index contributed by atoms with van der Waals surface area (Å²) in [6.07, 6.45) is 1.36. The van der Waals surface area contributed by atoms with E-state index in [9.17, 15) is 10.6 Å². The molecule has 0 amide bonds. The van der Waals surface area contributed by atoms with Gasteiger partial charge in [0.05, 0.1) is 37.6 Å². The van der Waals surface area contributed by atoms with Crippen LogP contribution in [0.5, 0.6) is 5.75 Å². The van der Waals surface area contributed by atoms with E-state index in [1.54, 1.807) is 39.0 Å². The number of phenolic OH excluding ortho intramolecular Hbond substituents is 1. The summed E-state index contributed by atoms with van der Waals surface area (Å²) >= 11 is 0. The molecule has 0 bridgehead atoms. The van der Waals surface area contributed by atoms with Crippen molar-refractivity contribution < 1.29 is 49.0 Å². The van der Waals surface area contributed by atoms with E-state index in [0.29, 0.717) is 16.7 Å². The molecule has 0 spiro atoms. The standard InChI is InChI=1S/C61H67N3O/c1-38(2)46-23-18-19-24-47(46)40-29-30-62-52(34-40)42-31-41(32-44(33-42)59(6,7)8)48-25-20-26-54-55(48)63-57(50-36-45(60(9,10)11)37-51(56(50)65)61(12,13)14)64(54)53-28-27-43(58(3,4)5)35-49(53)39-21-16-15-17-22-39/h15-38,65H,1-14H3/i1D3,2D3,9D3,10D3,11D3,12D3,13D3,14D3,15D,16D,17D,21D,22D,36D,37D,38D. The Kier molecular flexibility index (Phi) is 5.24. The Balaban J connectivity index is 1.68. The minimum Gasteiger partial charge on any atom is -0.507 e. The SMILES string of the molecule is [2H]c1c([2H])c([2H])c(-c2cc(C(C)(C)C)ccc2-n2c(-c3c([2H])c(C(C([2H])([2H])[2H])(C([2H])([2H])[2H])C([2H])([2H])[2H])c([2H])c(C(C([2H])([2H])[2H])(C([2H])([2H])[2H])C([2H])([2H])[2H])c3O)nc3c(-c4cc(-c5cc(-c6ccccc6C([2H])(C([2H])([2H])[2H])C([2H])([2H])[2H])ccn5)cc(C(C)(C)C)c4)cccc32)c([2H])c1[2H]. The van der Waals surface area contributed by atoms with Gasteiger partial charge in [0.1, 0.15) is 11.6 Å². The Bertz CT molecular complexity index is 4230. The Morgan fingerprint density at radius 3 is 2.02 bits per heavy atom. The van der Waals surface area contributed by atoms with Crippen molar-refractivity contribution in [3.63, 3.8) is 0 Å². The second kappa shape index (κ2) is 16.6. The highest BCUT2D eigenvalue weighted by Gasteiger charge is 2.30. The molecule has 4 heteroatoms. The predicted octanol–water partition coefficient (Wildman–Crippen LogP) is 16.8. The highest BCUT2D eigenvalue weighted by molar-refractivity contribution is 5.98. The lowest BCUT2D eigenvalue weighted by Crippen LogP contribution is -2.17. The van der Waals surface area contributed by atoms with Gasteiger partial charge in [-0.15, -0.1) is 0 Å². The van der Waals surface area contributed by atoms with Gasteiger partial charge in [0.25, 0.3) is 0 Å². The van der Waals surface area contributed by atoms with Gasteiger partial charge in [-0.3, -0.25) is 9.55 Å². The van der Waals surface area contributed by atoms with E-state index in [4.69, 9.17) is 43.4 Å². The van der Waals surface area contributed by atoms with Crippen LogP contribution in [0.15, 0.2) is 139 Å². The number of aromatic hydroxyl groups is 1.